The Labute approximate surface area is 196 Å². The van der Waals surface area contributed by atoms with Gasteiger partial charge >= 0.3 is 12.1 Å². The minimum Gasteiger partial charge on any atom is -0.492 e. The highest BCUT2D eigenvalue weighted by Crippen LogP contribution is 2.38. The highest BCUT2D eigenvalue weighted by molar-refractivity contribution is 5.89. The zero-order valence-electron chi connectivity index (χ0n) is 19.0. The van der Waals surface area contributed by atoms with Crippen LogP contribution in [0.15, 0.2) is 42.5 Å². The average Bonchev–Trinajstić information content (AvgIpc) is 2.79. The number of methoxy groups -OCH3 is 1. The number of benzene rings is 2. The van der Waals surface area contributed by atoms with Gasteiger partial charge in [-0.15, -0.1) is 0 Å². The van der Waals surface area contributed by atoms with E-state index < -0.39 is 24.7 Å². The molecule has 2 aliphatic heterocycles. The predicted octanol–water partition coefficient (Wildman–Crippen LogP) is 4.26. The van der Waals surface area contributed by atoms with Crippen LogP contribution in [0.4, 0.5) is 17.6 Å². The molecule has 0 aliphatic carbocycles. The van der Waals surface area contributed by atoms with Crippen molar-refractivity contribution in [3.63, 3.8) is 0 Å². The topological polar surface area (TPSA) is 42.0 Å². The third-order valence-corrected chi connectivity index (χ3v) is 6.40. The summed E-state index contributed by atoms with van der Waals surface area (Å²) in [6.45, 7) is 1.55. The first-order valence-electron chi connectivity index (χ1n) is 11.3. The van der Waals surface area contributed by atoms with Gasteiger partial charge in [0, 0.05) is 32.1 Å². The van der Waals surface area contributed by atoms with Gasteiger partial charge in [0.05, 0.1) is 31.9 Å². The largest absolute Gasteiger partial charge is 0.492 e. The number of hydrogen-bond acceptors (Lipinski definition) is 5. The molecule has 0 saturated carbocycles. The van der Waals surface area contributed by atoms with Gasteiger partial charge in [0.2, 0.25) is 0 Å². The van der Waals surface area contributed by atoms with E-state index in [1.165, 1.54) is 12.0 Å². The number of nitrogens with zero attached hydrogens (tertiary/aromatic N) is 2. The maximum Gasteiger partial charge on any atom is 0.401 e. The van der Waals surface area contributed by atoms with E-state index in [1.54, 1.807) is 42.5 Å². The van der Waals surface area contributed by atoms with Crippen molar-refractivity contribution in [2.45, 2.75) is 18.6 Å². The van der Waals surface area contributed by atoms with Crippen LogP contribution in [0.2, 0.25) is 0 Å². The van der Waals surface area contributed by atoms with Gasteiger partial charge in [-0.05, 0) is 47.4 Å². The molecule has 0 aromatic heterocycles. The first kappa shape index (κ1) is 24.5. The Morgan fingerprint density at radius 3 is 2.50 bits per heavy atom. The lowest BCUT2D eigenvalue weighted by molar-refractivity contribution is -0.150. The summed E-state index contributed by atoms with van der Waals surface area (Å²) in [6, 6.07) is 11.5. The number of ether oxygens (including phenoxy) is 2. The Morgan fingerprint density at radius 2 is 1.85 bits per heavy atom. The van der Waals surface area contributed by atoms with Crippen LogP contribution in [0.5, 0.6) is 5.75 Å². The first-order chi connectivity index (χ1) is 16.3. The van der Waals surface area contributed by atoms with Crippen molar-refractivity contribution in [2.75, 3.05) is 53.1 Å². The number of carbonyl (C=O) groups excluding carboxylic acids is 1. The van der Waals surface area contributed by atoms with Crippen LogP contribution in [-0.4, -0.2) is 75.1 Å². The van der Waals surface area contributed by atoms with Crippen LogP contribution in [0.3, 0.4) is 0 Å². The fourth-order valence-corrected chi connectivity index (χ4v) is 4.71. The molecular formula is C25H28F4N2O3. The van der Waals surface area contributed by atoms with Gasteiger partial charge in [-0.1, -0.05) is 18.2 Å². The highest BCUT2D eigenvalue weighted by Gasteiger charge is 2.37. The molecule has 1 saturated heterocycles. The molecule has 5 nitrogen and oxygen atoms in total. The standard InChI is InChI=1S/C25H28F4N2O3/c1-33-24(32)20-4-7-22-19(12-20)8-9-31(16-25(27,28)29)23(22)18-2-5-21(6-3-18)34-11-10-30-14-17(13-26)15-30/h2-7,12,17,23H,8-11,13-16H2,1H3. The third kappa shape index (κ3) is 5.70. The zero-order valence-corrected chi connectivity index (χ0v) is 19.0. The number of alkyl halides is 4. The molecule has 1 fully saturated rings. The molecule has 2 aromatic carbocycles. The molecule has 34 heavy (non-hydrogen) atoms. The van der Waals surface area contributed by atoms with Gasteiger partial charge in [0.25, 0.3) is 0 Å². The Morgan fingerprint density at radius 1 is 1.12 bits per heavy atom. The number of carbonyl (C=O) groups is 1. The number of likely N-dealkylation sites (tertiary alicyclic amines) is 1. The molecule has 0 bridgehead atoms. The van der Waals surface area contributed by atoms with Gasteiger partial charge in [-0.3, -0.25) is 14.2 Å². The maximum absolute atomic E-state index is 13.3. The zero-order chi connectivity index (χ0) is 24.3. The van der Waals surface area contributed by atoms with Gasteiger partial charge < -0.3 is 9.47 Å². The molecule has 1 unspecified atom stereocenters. The number of fused-ring (bicyclic) bond motifs is 1. The summed E-state index contributed by atoms with van der Waals surface area (Å²) in [6.07, 6.45) is -3.92. The summed E-state index contributed by atoms with van der Waals surface area (Å²) >= 11 is 0. The van der Waals surface area contributed by atoms with Crippen molar-refractivity contribution in [3.8, 4) is 5.75 Å². The van der Waals surface area contributed by atoms with Crippen LogP contribution in [-0.2, 0) is 11.2 Å². The van der Waals surface area contributed by atoms with Crippen molar-refractivity contribution in [1.82, 2.24) is 9.80 Å². The SMILES string of the molecule is COC(=O)c1ccc2c(c1)CCN(CC(F)(F)F)C2c1ccc(OCCN2CC(CF)C2)cc1. The molecule has 2 aromatic rings. The van der Waals surface area contributed by atoms with Gasteiger partial charge in [0.1, 0.15) is 12.4 Å². The van der Waals surface area contributed by atoms with Crippen LogP contribution in [0.1, 0.15) is 33.1 Å². The molecule has 0 N–H and O–H groups in total. The normalized spacial score (nSPS) is 19.4. The van der Waals surface area contributed by atoms with E-state index in [-0.39, 0.29) is 19.1 Å². The van der Waals surface area contributed by atoms with E-state index in [9.17, 15) is 22.4 Å². The van der Waals surface area contributed by atoms with E-state index in [0.29, 0.717) is 30.9 Å². The van der Waals surface area contributed by atoms with Crippen LogP contribution in [0.25, 0.3) is 0 Å². The summed E-state index contributed by atoms with van der Waals surface area (Å²) in [5.41, 5.74) is 2.69. The third-order valence-electron chi connectivity index (χ3n) is 6.40. The van der Waals surface area contributed by atoms with E-state index in [0.717, 1.165) is 29.8 Å². The fourth-order valence-electron chi connectivity index (χ4n) is 4.71. The molecule has 4 rings (SSSR count). The summed E-state index contributed by atoms with van der Waals surface area (Å²) in [7, 11) is 1.30. The number of halogens is 4. The second kappa shape index (κ2) is 10.3. The number of esters is 1. The lowest BCUT2D eigenvalue weighted by Gasteiger charge is -2.38. The summed E-state index contributed by atoms with van der Waals surface area (Å²) < 4.78 is 63.0. The Kier molecular flexibility index (Phi) is 7.42. The van der Waals surface area contributed by atoms with Crippen LogP contribution < -0.4 is 4.74 Å². The molecule has 0 spiro atoms. The van der Waals surface area contributed by atoms with Gasteiger partial charge in [0.15, 0.2) is 0 Å². The minimum absolute atomic E-state index is 0.126. The Bertz CT molecular complexity index is 991. The maximum atomic E-state index is 13.3. The predicted molar refractivity (Wildman–Crippen MR) is 119 cm³/mol. The fraction of sp³-hybridized carbons (Fsp3) is 0.480. The molecule has 0 amide bonds. The van der Waals surface area contributed by atoms with E-state index >= 15 is 0 Å². The van der Waals surface area contributed by atoms with E-state index in [2.05, 4.69) is 4.90 Å². The van der Waals surface area contributed by atoms with Crippen LogP contribution >= 0.6 is 0 Å². The summed E-state index contributed by atoms with van der Waals surface area (Å²) in [5, 5.41) is 0. The smallest absolute Gasteiger partial charge is 0.401 e. The molecule has 1 atom stereocenters. The van der Waals surface area contributed by atoms with Crippen molar-refractivity contribution < 1.29 is 31.8 Å². The second-order valence-electron chi connectivity index (χ2n) is 8.84. The monoisotopic (exact) mass is 480 g/mol. The average molecular weight is 481 g/mol. The molecular weight excluding hydrogens is 452 g/mol. The van der Waals surface area contributed by atoms with Crippen LogP contribution in [0, 0.1) is 5.92 Å². The van der Waals surface area contributed by atoms with Crippen molar-refractivity contribution in [3.05, 3.63) is 64.7 Å². The first-order valence-corrected chi connectivity index (χ1v) is 11.3. The minimum atomic E-state index is -4.33. The quantitative estimate of drug-likeness (QED) is 0.417. The number of rotatable bonds is 8. The lowest BCUT2D eigenvalue weighted by Crippen LogP contribution is -2.49. The molecule has 2 heterocycles. The van der Waals surface area contributed by atoms with Crippen molar-refractivity contribution in [2.24, 2.45) is 5.92 Å². The molecule has 0 radical (unpaired) electrons. The van der Waals surface area contributed by atoms with Crippen molar-refractivity contribution in [1.29, 1.82) is 0 Å². The Balaban J connectivity index is 1.50. The lowest BCUT2D eigenvalue weighted by atomic mass is 9.87. The number of hydrogen-bond donors (Lipinski definition) is 0. The molecule has 9 heteroatoms. The highest BCUT2D eigenvalue weighted by atomic mass is 19.4. The second-order valence-corrected chi connectivity index (χ2v) is 8.84. The summed E-state index contributed by atoms with van der Waals surface area (Å²) in [5.74, 6) is 0.281. The Hall–Kier alpha value is -2.65. The van der Waals surface area contributed by atoms with Crippen molar-refractivity contribution >= 4 is 5.97 Å². The molecule has 2 aliphatic rings. The molecule has 184 valence electrons. The van der Waals surface area contributed by atoms with E-state index in [4.69, 9.17) is 9.47 Å². The van der Waals surface area contributed by atoms with E-state index in [1.807, 2.05) is 0 Å². The van der Waals surface area contributed by atoms with Gasteiger partial charge in [-0.25, -0.2) is 4.79 Å². The summed E-state index contributed by atoms with van der Waals surface area (Å²) in [4.78, 5) is 15.4. The van der Waals surface area contributed by atoms with Gasteiger partial charge in [-0.2, -0.15) is 13.2 Å².